The van der Waals surface area contributed by atoms with Crippen LogP contribution in [0.5, 0.6) is 0 Å². The van der Waals surface area contributed by atoms with Crippen LogP contribution in [-0.2, 0) is 15.8 Å². The molecule has 0 saturated heterocycles. The second-order valence-electron chi connectivity index (χ2n) is 3.94. The lowest BCUT2D eigenvalue weighted by Gasteiger charge is -2.12. The van der Waals surface area contributed by atoms with E-state index in [2.05, 4.69) is 15.0 Å². The molecular weight excluding hydrogens is 292 g/mol. The van der Waals surface area contributed by atoms with Crippen molar-refractivity contribution in [3.8, 4) is 0 Å². The Morgan fingerprint density at radius 3 is 3.05 bits per heavy atom. The highest BCUT2D eigenvalue weighted by Crippen LogP contribution is 2.15. The van der Waals surface area contributed by atoms with E-state index in [4.69, 9.17) is 15.4 Å². The van der Waals surface area contributed by atoms with Crippen molar-refractivity contribution in [2.45, 2.75) is 12.6 Å². The van der Waals surface area contributed by atoms with E-state index in [1.165, 1.54) is 10.9 Å². The number of nitrogens with one attached hydrogen (secondary N) is 1. The van der Waals surface area contributed by atoms with Crippen LogP contribution >= 0.6 is 8.03 Å². The molecular formula is C9H12FN5O4P+. The summed E-state index contributed by atoms with van der Waals surface area (Å²) in [5.41, 5.74) is 5.20. The molecule has 4 N–H and O–H groups in total. The maximum Gasteiger partial charge on any atom is 0.534 e. The standard InChI is InChI=1S/C9H11FN5O4P/c10-1-5(19-4-20(17)18)2-15-3-12-6-7(15)13-9(11)14-8(6)16/h3,5H,1-2,4H2,(H3-,11,13,14,16,17,18)/p+1/t5-/m1/s1. The predicted molar refractivity (Wildman–Crippen MR) is 68.1 cm³/mol. The van der Waals surface area contributed by atoms with Crippen molar-refractivity contribution in [1.82, 2.24) is 19.5 Å². The number of rotatable bonds is 6. The topological polar surface area (TPSA) is 136 Å². The Kier molecular flexibility index (Phi) is 4.38. The molecule has 0 aromatic carbocycles. The number of ether oxygens (including phenoxy) is 1. The first kappa shape index (κ1) is 14.5. The van der Waals surface area contributed by atoms with E-state index in [0.717, 1.165) is 0 Å². The molecule has 0 aliphatic rings. The molecule has 9 nitrogen and oxygen atoms in total. The van der Waals surface area contributed by atoms with Crippen LogP contribution < -0.4 is 11.3 Å². The molecule has 0 bridgehead atoms. The van der Waals surface area contributed by atoms with Gasteiger partial charge >= 0.3 is 8.03 Å². The van der Waals surface area contributed by atoms with E-state index in [-0.39, 0.29) is 23.7 Å². The molecule has 11 heteroatoms. The van der Waals surface area contributed by atoms with Crippen molar-refractivity contribution in [1.29, 1.82) is 0 Å². The fourth-order valence-electron chi connectivity index (χ4n) is 1.64. The van der Waals surface area contributed by atoms with Gasteiger partial charge in [0.05, 0.1) is 12.9 Å². The molecule has 2 aromatic rings. The minimum atomic E-state index is -2.50. The molecule has 2 atom stereocenters. The molecule has 2 rings (SSSR count). The lowest BCUT2D eigenvalue weighted by Crippen LogP contribution is -2.22. The monoisotopic (exact) mass is 304 g/mol. The van der Waals surface area contributed by atoms with Crippen LogP contribution in [0, 0.1) is 0 Å². The zero-order chi connectivity index (χ0) is 14.7. The molecule has 0 aliphatic carbocycles. The number of aromatic nitrogens is 4. The molecule has 108 valence electrons. The summed E-state index contributed by atoms with van der Waals surface area (Å²) >= 11 is 0. The van der Waals surface area contributed by atoms with Gasteiger partial charge in [0, 0.05) is 0 Å². The van der Waals surface area contributed by atoms with Crippen LogP contribution in [-0.4, -0.2) is 43.5 Å². The van der Waals surface area contributed by atoms with Crippen molar-refractivity contribution in [3.05, 3.63) is 16.7 Å². The van der Waals surface area contributed by atoms with Crippen LogP contribution in [0.2, 0.25) is 0 Å². The third-order valence-electron chi connectivity index (χ3n) is 2.49. The van der Waals surface area contributed by atoms with Gasteiger partial charge in [-0.25, -0.2) is 9.37 Å². The zero-order valence-corrected chi connectivity index (χ0v) is 11.1. The van der Waals surface area contributed by atoms with Crippen molar-refractivity contribution in [2.75, 3.05) is 18.8 Å². The smallest absolute Gasteiger partial charge is 0.369 e. The summed E-state index contributed by atoms with van der Waals surface area (Å²) in [6, 6.07) is 0. The van der Waals surface area contributed by atoms with Crippen molar-refractivity contribution >= 4 is 25.1 Å². The number of halogens is 1. The number of hydrogen-bond donors (Lipinski definition) is 3. The average Bonchev–Trinajstić information content (AvgIpc) is 2.77. The second kappa shape index (κ2) is 6.04. The first-order chi connectivity index (χ1) is 9.51. The Morgan fingerprint density at radius 1 is 1.65 bits per heavy atom. The van der Waals surface area contributed by atoms with Crippen LogP contribution in [0.3, 0.4) is 0 Å². The van der Waals surface area contributed by atoms with Gasteiger partial charge in [-0.2, -0.15) is 9.88 Å². The number of fused-ring (bicyclic) bond motifs is 1. The van der Waals surface area contributed by atoms with E-state index in [9.17, 15) is 13.8 Å². The summed E-state index contributed by atoms with van der Waals surface area (Å²) in [6.45, 7) is -0.867. The fourth-order valence-corrected chi connectivity index (χ4v) is 1.98. The Balaban J connectivity index is 2.24. The number of H-pyrrole nitrogens is 1. The van der Waals surface area contributed by atoms with Gasteiger partial charge in [0.15, 0.2) is 11.2 Å². The van der Waals surface area contributed by atoms with Gasteiger partial charge in [0.1, 0.15) is 12.8 Å². The lowest BCUT2D eigenvalue weighted by molar-refractivity contribution is 0.0508. The quantitative estimate of drug-likeness (QED) is 0.626. The summed E-state index contributed by atoms with van der Waals surface area (Å²) in [5.74, 6) is -0.0830. The van der Waals surface area contributed by atoms with E-state index < -0.39 is 32.7 Å². The maximum atomic E-state index is 12.8. The molecule has 0 spiro atoms. The van der Waals surface area contributed by atoms with E-state index in [1.54, 1.807) is 0 Å². The van der Waals surface area contributed by atoms with Crippen LogP contribution in [0.1, 0.15) is 0 Å². The summed E-state index contributed by atoms with van der Waals surface area (Å²) in [5, 5.41) is 0. The average molecular weight is 304 g/mol. The van der Waals surface area contributed by atoms with E-state index in [0.29, 0.717) is 0 Å². The number of imidazole rings is 1. The normalized spacial score (nSPS) is 13.6. The molecule has 0 amide bonds. The van der Waals surface area contributed by atoms with Gasteiger partial charge in [-0.15, -0.1) is 0 Å². The third kappa shape index (κ3) is 3.16. The van der Waals surface area contributed by atoms with E-state index >= 15 is 0 Å². The third-order valence-corrected chi connectivity index (χ3v) is 2.86. The molecule has 0 radical (unpaired) electrons. The van der Waals surface area contributed by atoms with Gasteiger partial charge in [0.2, 0.25) is 5.95 Å². The fraction of sp³-hybridized carbons (Fsp3) is 0.444. The molecule has 2 heterocycles. The highest BCUT2D eigenvalue weighted by atomic mass is 31.1. The van der Waals surface area contributed by atoms with Crippen molar-refractivity contribution < 1.29 is 18.6 Å². The van der Waals surface area contributed by atoms with Gasteiger partial charge in [-0.3, -0.25) is 9.78 Å². The number of nitrogen functional groups attached to an aromatic ring is 1. The summed E-state index contributed by atoms with van der Waals surface area (Å²) in [7, 11) is -2.50. The summed E-state index contributed by atoms with van der Waals surface area (Å²) in [6.07, 6.45) is -0.106. The maximum absolute atomic E-state index is 12.8. The molecule has 0 fully saturated rings. The molecule has 20 heavy (non-hydrogen) atoms. The van der Waals surface area contributed by atoms with Crippen molar-refractivity contribution in [3.63, 3.8) is 0 Å². The first-order valence-corrected chi connectivity index (χ1v) is 6.92. The van der Waals surface area contributed by atoms with Gasteiger partial charge in [-0.1, -0.05) is 0 Å². The second-order valence-corrected chi connectivity index (χ2v) is 4.91. The molecule has 0 saturated carbocycles. The molecule has 2 aromatic heterocycles. The predicted octanol–water partition coefficient (Wildman–Crippen LogP) is -0.251. The largest absolute Gasteiger partial charge is 0.534 e. The summed E-state index contributed by atoms with van der Waals surface area (Å²) in [4.78, 5) is 30.3. The molecule has 1 unspecified atom stereocenters. The number of alkyl halides is 1. The van der Waals surface area contributed by atoms with Crippen LogP contribution in [0.15, 0.2) is 11.1 Å². The minimum Gasteiger partial charge on any atom is -0.369 e. The van der Waals surface area contributed by atoms with Gasteiger partial charge in [-0.05, 0) is 4.57 Å². The Labute approximate surface area is 112 Å². The Bertz CT molecular complexity index is 687. The minimum absolute atomic E-state index is 0.00787. The van der Waals surface area contributed by atoms with Gasteiger partial charge < -0.3 is 15.0 Å². The lowest BCUT2D eigenvalue weighted by atomic mass is 10.4. The van der Waals surface area contributed by atoms with Crippen molar-refractivity contribution in [2.24, 2.45) is 0 Å². The number of aromatic amines is 1. The number of anilines is 1. The Hall–Kier alpha value is -1.90. The van der Waals surface area contributed by atoms with Crippen LogP contribution in [0.25, 0.3) is 11.2 Å². The SMILES string of the molecule is Nc1nc2c(ncn2C[C@@H](CF)OC[P+](=O)O)c(=O)[nH]1. The number of nitrogens with zero attached hydrogens (tertiary/aromatic N) is 3. The summed E-state index contributed by atoms with van der Waals surface area (Å²) < 4.78 is 29.7. The zero-order valence-electron chi connectivity index (χ0n) is 10.2. The highest BCUT2D eigenvalue weighted by Gasteiger charge is 2.19. The first-order valence-electron chi connectivity index (χ1n) is 5.53. The number of nitrogens with two attached hydrogens (primary N) is 1. The van der Waals surface area contributed by atoms with Crippen LogP contribution in [0.4, 0.5) is 10.3 Å². The Morgan fingerprint density at radius 2 is 2.40 bits per heavy atom. The highest BCUT2D eigenvalue weighted by molar-refractivity contribution is 7.37. The number of hydrogen-bond acceptors (Lipinski definition) is 6. The van der Waals surface area contributed by atoms with E-state index in [1.807, 2.05) is 0 Å². The van der Waals surface area contributed by atoms with Gasteiger partial charge in [0.25, 0.3) is 11.9 Å². The molecule has 0 aliphatic heterocycles.